The van der Waals surface area contributed by atoms with Crippen LogP contribution in [0.4, 0.5) is 11.4 Å². The molecule has 8 heteroatoms. The Morgan fingerprint density at radius 1 is 1.42 bits per heavy atom. The van der Waals surface area contributed by atoms with Crippen LogP contribution in [0.2, 0.25) is 5.02 Å². The van der Waals surface area contributed by atoms with Gasteiger partial charge in [-0.15, -0.1) is 0 Å². The van der Waals surface area contributed by atoms with Crippen LogP contribution in [0.5, 0.6) is 0 Å². The Balaban J connectivity index is 1.88. The smallest absolute Gasteiger partial charge is 0.271 e. The van der Waals surface area contributed by atoms with Gasteiger partial charge in [0.25, 0.3) is 5.69 Å². The summed E-state index contributed by atoms with van der Waals surface area (Å²) >= 11 is 6.17. The molecule has 7 nitrogen and oxygen atoms in total. The van der Waals surface area contributed by atoms with E-state index in [2.05, 4.69) is 10.2 Å². The number of non-ortho nitro benzene ring substituents is 1. The molecule has 0 saturated carbocycles. The summed E-state index contributed by atoms with van der Waals surface area (Å²) in [6.07, 6.45) is 1.50. The first-order valence-corrected chi connectivity index (χ1v) is 8.37. The second kappa shape index (κ2) is 8.30. The number of piperidine rings is 1. The third-order valence-corrected chi connectivity index (χ3v) is 4.51. The van der Waals surface area contributed by atoms with Crippen molar-refractivity contribution in [2.24, 2.45) is 5.92 Å². The zero-order valence-electron chi connectivity index (χ0n) is 14.0. The van der Waals surface area contributed by atoms with E-state index in [4.69, 9.17) is 11.6 Å². The maximum Gasteiger partial charge on any atom is 0.271 e. The van der Waals surface area contributed by atoms with Crippen molar-refractivity contribution in [2.45, 2.75) is 12.8 Å². The van der Waals surface area contributed by atoms with E-state index in [1.165, 1.54) is 12.1 Å². The predicted molar refractivity (Wildman–Crippen MR) is 94.6 cm³/mol. The van der Waals surface area contributed by atoms with Gasteiger partial charge in [0.2, 0.25) is 5.91 Å². The van der Waals surface area contributed by atoms with Gasteiger partial charge >= 0.3 is 0 Å². The number of hydrogen-bond donors (Lipinski definition) is 1. The topological polar surface area (TPSA) is 78.7 Å². The molecule has 24 heavy (non-hydrogen) atoms. The molecule has 1 aliphatic rings. The Bertz CT molecular complexity index is 601. The van der Waals surface area contributed by atoms with Crippen LogP contribution in [0.3, 0.4) is 0 Å². The molecule has 0 unspecified atom stereocenters. The molecule has 1 amide bonds. The summed E-state index contributed by atoms with van der Waals surface area (Å²) in [5, 5.41) is 14.1. The summed E-state index contributed by atoms with van der Waals surface area (Å²) in [6, 6.07) is 4.51. The molecule has 0 aliphatic carbocycles. The van der Waals surface area contributed by atoms with Gasteiger partial charge in [-0.1, -0.05) is 11.6 Å². The highest BCUT2D eigenvalue weighted by Gasteiger charge is 2.26. The molecule has 132 valence electrons. The second-order valence-corrected chi connectivity index (χ2v) is 6.66. The van der Waals surface area contributed by atoms with Crippen molar-refractivity contribution in [3.8, 4) is 0 Å². The molecule has 1 fully saturated rings. The Morgan fingerprint density at radius 2 is 2.08 bits per heavy atom. The quantitative estimate of drug-likeness (QED) is 0.625. The van der Waals surface area contributed by atoms with Gasteiger partial charge in [0.05, 0.1) is 15.6 Å². The number of halogens is 1. The lowest BCUT2D eigenvalue weighted by molar-refractivity contribution is -0.384. The average Bonchev–Trinajstić information content (AvgIpc) is 2.54. The van der Waals surface area contributed by atoms with Crippen LogP contribution in [-0.2, 0) is 4.79 Å². The minimum absolute atomic E-state index is 0.0141. The standard InChI is InChI=1S/C16H23ClN4O3/c1-19(2)10-7-18-16(22)12-5-8-20(9-6-12)15-4-3-13(21(23)24)11-14(15)17/h3-4,11-12H,5-10H2,1-2H3,(H,18,22). The van der Waals surface area contributed by atoms with Crippen molar-refractivity contribution in [2.75, 3.05) is 45.2 Å². The lowest BCUT2D eigenvalue weighted by Crippen LogP contribution is -2.42. The van der Waals surface area contributed by atoms with Crippen molar-refractivity contribution < 1.29 is 9.72 Å². The zero-order valence-corrected chi connectivity index (χ0v) is 14.8. The number of nitrogens with zero attached hydrogens (tertiary/aromatic N) is 3. The number of anilines is 1. The van der Waals surface area contributed by atoms with Gasteiger partial charge in [-0.3, -0.25) is 14.9 Å². The van der Waals surface area contributed by atoms with E-state index in [0.29, 0.717) is 24.7 Å². The van der Waals surface area contributed by atoms with E-state index in [9.17, 15) is 14.9 Å². The monoisotopic (exact) mass is 354 g/mol. The first-order valence-electron chi connectivity index (χ1n) is 8.00. The fraction of sp³-hybridized carbons (Fsp3) is 0.562. The number of benzene rings is 1. The molecule has 1 heterocycles. The van der Waals surface area contributed by atoms with E-state index >= 15 is 0 Å². The summed E-state index contributed by atoms with van der Waals surface area (Å²) < 4.78 is 0. The maximum atomic E-state index is 12.2. The number of rotatable bonds is 6. The molecule has 1 N–H and O–H groups in total. The molecular weight excluding hydrogens is 332 g/mol. The Morgan fingerprint density at radius 3 is 2.62 bits per heavy atom. The van der Waals surface area contributed by atoms with E-state index in [1.807, 2.05) is 19.0 Å². The summed E-state index contributed by atoms with van der Waals surface area (Å²) in [6.45, 7) is 2.90. The molecule has 0 radical (unpaired) electrons. The number of nitrogens with one attached hydrogen (secondary N) is 1. The molecule has 1 aliphatic heterocycles. The van der Waals surface area contributed by atoms with E-state index in [-0.39, 0.29) is 17.5 Å². The van der Waals surface area contributed by atoms with Gasteiger partial charge in [-0.2, -0.15) is 0 Å². The molecule has 1 aromatic rings. The summed E-state index contributed by atoms with van der Waals surface area (Å²) in [7, 11) is 3.94. The molecule has 1 saturated heterocycles. The number of nitro benzene ring substituents is 1. The van der Waals surface area contributed by atoms with Crippen molar-refractivity contribution in [1.29, 1.82) is 0 Å². The van der Waals surface area contributed by atoms with Crippen LogP contribution in [-0.4, -0.2) is 56.0 Å². The highest BCUT2D eigenvalue weighted by Crippen LogP contribution is 2.32. The molecule has 1 aromatic carbocycles. The van der Waals surface area contributed by atoms with Crippen molar-refractivity contribution in [1.82, 2.24) is 10.2 Å². The highest BCUT2D eigenvalue weighted by molar-refractivity contribution is 6.33. The van der Waals surface area contributed by atoms with Crippen LogP contribution in [0.25, 0.3) is 0 Å². The van der Waals surface area contributed by atoms with Gasteiger partial charge < -0.3 is 15.1 Å². The molecule has 0 atom stereocenters. The number of likely N-dealkylation sites (N-methyl/N-ethyl adjacent to an activating group) is 1. The molecule has 0 aromatic heterocycles. The minimum atomic E-state index is -0.458. The molecule has 0 spiro atoms. The van der Waals surface area contributed by atoms with Crippen molar-refractivity contribution >= 4 is 28.9 Å². The summed E-state index contributed by atoms with van der Waals surface area (Å²) in [5.74, 6) is 0.117. The van der Waals surface area contributed by atoms with Gasteiger partial charge in [-0.25, -0.2) is 0 Å². The summed E-state index contributed by atoms with van der Waals surface area (Å²) in [4.78, 5) is 26.6. The lowest BCUT2D eigenvalue weighted by atomic mass is 9.95. The number of carbonyl (C=O) groups excluding carboxylic acids is 1. The predicted octanol–water partition coefficient (Wildman–Crippen LogP) is 2.14. The number of carbonyl (C=O) groups is 1. The number of hydrogen-bond acceptors (Lipinski definition) is 5. The van der Waals surface area contributed by atoms with Gasteiger partial charge in [-0.05, 0) is 33.0 Å². The number of amides is 1. The van der Waals surface area contributed by atoms with E-state index < -0.39 is 4.92 Å². The largest absolute Gasteiger partial charge is 0.370 e. The molecular formula is C16H23ClN4O3. The molecule has 0 bridgehead atoms. The Labute approximate surface area is 146 Å². The number of nitro groups is 1. The average molecular weight is 355 g/mol. The third kappa shape index (κ3) is 4.82. The minimum Gasteiger partial charge on any atom is -0.370 e. The van der Waals surface area contributed by atoms with Crippen LogP contribution in [0.1, 0.15) is 12.8 Å². The van der Waals surface area contributed by atoms with E-state index in [1.54, 1.807) is 6.07 Å². The maximum absolute atomic E-state index is 12.2. The van der Waals surface area contributed by atoms with Crippen LogP contribution >= 0.6 is 11.6 Å². The normalized spacial score (nSPS) is 15.6. The van der Waals surface area contributed by atoms with Gasteiger partial charge in [0.15, 0.2) is 0 Å². The Kier molecular flexibility index (Phi) is 6.39. The van der Waals surface area contributed by atoms with Crippen LogP contribution in [0, 0.1) is 16.0 Å². The second-order valence-electron chi connectivity index (χ2n) is 6.25. The zero-order chi connectivity index (χ0) is 17.7. The Hall–Kier alpha value is -1.86. The lowest BCUT2D eigenvalue weighted by Gasteiger charge is -2.33. The highest BCUT2D eigenvalue weighted by atomic mass is 35.5. The fourth-order valence-corrected chi connectivity index (χ4v) is 3.09. The van der Waals surface area contributed by atoms with Crippen LogP contribution in [0.15, 0.2) is 18.2 Å². The first-order chi connectivity index (χ1) is 11.4. The fourth-order valence-electron chi connectivity index (χ4n) is 2.80. The first kappa shape index (κ1) is 18.5. The van der Waals surface area contributed by atoms with Gasteiger partial charge in [0.1, 0.15) is 0 Å². The SMILES string of the molecule is CN(C)CCNC(=O)C1CCN(c2ccc([N+](=O)[O-])cc2Cl)CC1. The third-order valence-electron chi connectivity index (χ3n) is 4.21. The molecule has 2 rings (SSSR count). The van der Waals surface area contributed by atoms with Crippen molar-refractivity contribution in [3.05, 3.63) is 33.3 Å². The van der Waals surface area contributed by atoms with Crippen LogP contribution < -0.4 is 10.2 Å². The van der Waals surface area contributed by atoms with Crippen molar-refractivity contribution in [3.63, 3.8) is 0 Å². The van der Waals surface area contributed by atoms with E-state index in [0.717, 1.165) is 25.1 Å². The van der Waals surface area contributed by atoms with Gasteiger partial charge in [0, 0.05) is 44.2 Å². The summed E-state index contributed by atoms with van der Waals surface area (Å²) in [5.41, 5.74) is 0.771.